The van der Waals surface area contributed by atoms with E-state index in [-0.39, 0.29) is 41.2 Å². The molecule has 1 aromatic carbocycles. The summed E-state index contributed by atoms with van der Waals surface area (Å²) in [4.78, 5) is 20.8. The number of aryl methyl sites for hydroxylation is 1. The maximum Gasteiger partial charge on any atom is 0.251 e. The van der Waals surface area contributed by atoms with E-state index < -0.39 is 9.84 Å². The first-order chi connectivity index (χ1) is 18.2. The number of fused-ring (bicyclic) bond motifs is 3. The molecule has 3 aliphatic rings. The Hall–Kier alpha value is -3.01. The Bertz CT molecular complexity index is 1410. The van der Waals surface area contributed by atoms with Gasteiger partial charge in [-0.2, -0.15) is 0 Å². The molecule has 202 valence electrons. The fraction of sp³-hybridized carbons (Fsp3) is 0.448. The van der Waals surface area contributed by atoms with Crippen molar-refractivity contribution in [3.05, 3.63) is 70.4 Å². The van der Waals surface area contributed by atoms with Gasteiger partial charge in [0.25, 0.3) is 5.91 Å². The van der Waals surface area contributed by atoms with Crippen molar-refractivity contribution < 1.29 is 18.3 Å². The second-order valence-corrected chi connectivity index (χ2v) is 12.8. The second-order valence-electron chi connectivity index (χ2n) is 10.5. The van der Waals surface area contributed by atoms with Gasteiger partial charge in [0, 0.05) is 48.9 Å². The Morgan fingerprint density at radius 2 is 1.97 bits per heavy atom. The predicted octanol–water partition coefficient (Wildman–Crippen LogP) is 3.05. The molecular weight excluding hydrogens is 500 g/mol. The van der Waals surface area contributed by atoms with E-state index in [1.165, 1.54) is 0 Å². The molecule has 0 saturated carbocycles. The normalized spacial score (nSPS) is 21.9. The Labute approximate surface area is 224 Å². The number of hydrogen-bond acceptors (Lipinski definition) is 7. The molecule has 1 fully saturated rings. The number of hydrogen-bond donors (Lipinski definition) is 3. The summed E-state index contributed by atoms with van der Waals surface area (Å²) in [5, 5.41) is 16.0. The zero-order valence-electron chi connectivity index (χ0n) is 22.2. The molecule has 8 nitrogen and oxygen atoms in total. The molecule has 1 aliphatic carbocycles. The van der Waals surface area contributed by atoms with Gasteiger partial charge in [0.1, 0.15) is 5.82 Å². The van der Waals surface area contributed by atoms with Crippen LogP contribution in [0.2, 0.25) is 0 Å². The lowest BCUT2D eigenvalue weighted by atomic mass is 9.75. The maximum absolute atomic E-state index is 13.6. The number of piperidine rings is 1. The molecule has 2 aromatic rings. The summed E-state index contributed by atoms with van der Waals surface area (Å²) in [5.74, 6) is 0.624. The SMILES string of the molecule is CCS(=O)(=O)c1cccc(C2=CC(C(=O)NC3CCN(CCO)CC3)=C(C)C3Nc4ncc(C)cc4C23)c1. The molecule has 3 N–H and O–H groups in total. The molecule has 0 spiro atoms. The number of nitrogens with one attached hydrogen (secondary N) is 2. The van der Waals surface area contributed by atoms with Crippen molar-refractivity contribution in [3.63, 3.8) is 0 Å². The van der Waals surface area contributed by atoms with E-state index in [4.69, 9.17) is 0 Å². The van der Waals surface area contributed by atoms with Crippen molar-refractivity contribution in [1.82, 2.24) is 15.2 Å². The minimum atomic E-state index is -3.38. The summed E-state index contributed by atoms with van der Waals surface area (Å²) in [6.07, 6.45) is 5.45. The molecule has 1 saturated heterocycles. The molecule has 38 heavy (non-hydrogen) atoms. The van der Waals surface area contributed by atoms with E-state index >= 15 is 0 Å². The molecule has 0 radical (unpaired) electrons. The van der Waals surface area contributed by atoms with E-state index in [2.05, 4.69) is 26.6 Å². The van der Waals surface area contributed by atoms with Crippen molar-refractivity contribution in [3.8, 4) is 0 Å². The van der Waals surface area contributed by atoms with Crippen molar-refractivity contribution in [2.75, 3.05) is 37.3 Å². The van der Waals surface area contributed by atoms with Gasteiger partial charge in [0.2, 0.25) is 0 Å². The van der Waals surface area contributed by atoms with Crippen LogP contribution in [0.5, 0.6) is 0 Å². The number of sulfone groups is 1. The summed E-state index contributed by atoms with van der Waals surface area (Å²) in [6, 6.07) is 9.10. The number of aromatic nitrogens is 1. The Balaban J connectivity index is 1.52. The van der Waals surface area contributed by atoms with Gasteiger partial charge in [-0.25, -0.2) is 13.4 Å². The van der Waals surface area contributed by atoms with Crippen LogP contribution in [0.4, 0.5) is 5.82 Å². The van der Waals surface area contributed by atoms with Crippen molar-refractivity contribution in [2.45, 2.75) is 56.5 Å². The van der Waals surface area contributed by atoms with E-state index in [1.54, 1.807) is 25.1 Å². The van der Waals surface area contributed by atoms with Gasteiger partial charge >= 0.3 is 0 Å². The van der Waals surface area contributed by atoms with Crippen molar-refractivity contribution in [1.29, 1.82) is 0 Å². The number of carbonyl (C=O) groups is 1. The highest BCUT2D eigenvalue weighted by molar-refractivity contribution is 7.91. The average Bonchev–Trinajstić information content (AvgIpc) is 3.29. The van der Waals surface area contributed by atoms with Gasteiger partial charge in [-0.1, -0.05) is 25.1 Å². The highest BCUT2D eigenvalue weighted by Crippen LogP contribution is 2.49. The molecule has 1 amide bonds. The molecule has 9 heteroatoms. The number of rotatable bonds is 7. The number of pyridine rings is 1. The third-order valence-electron chi connectivity index (χ3n) is 8.03. The molecule has 2 aliphatic heterocycles. The smallest absolute Gasteiger partial charge is 0.251 e. The maximum atomic E-state index is 13.6. The number of β-amino-alcohol motifs (C(OH)–C–C–N with tert-alkyl or cyclic N) is 1. The minimum Gasteiger partial charge on any atom is -0.395 e. The first-order valence-electron chi connectivity index (χ1n) is 13.3. The van der Waals surface area contributed by atoms with E-state index in [1.807, 2.05) is 32.2 Å². The van der Waals surface area contributed by atoms with Crippen LogP contribution in [0.15, 0.2) is 58.6 Å². The largest absolute Gasteiger partial charge is 0.395 e. The van der Waals surface area contributed by atoms with Crippen LogP contribution in [0, 0.1) is 6.92 Å². The number of aliphatic hydroxyl groups excluding tert-OH is 1. The molecule has 0 bridgehead atoms. The lowest BCUT2D eigenvalue weighted by Gasteiger charge is -2.33. The minimum absolute atomic E-state index is 0.0266. The number of nitrogens with zero attached hydrogens (tertiary/aromatic N) is 2. The Morgan fingerprint density at radius 3 is 2.68 bits per heavy atom. The van der Waals surface area contributed by atoms with E-state index in [0.29, 0.717) is 12.1 Å². The fourth-order valence-corrected chi connectivity index (χ4v) is 6.77. The van der Waals surface area contributed by atoms with Crippen LogP contribution < -0.4 is 10.6 Å². The monoisotopic (exact) mass is 536 g/mol. The van der Waals surface area contributed by atoms with Crippen molar-refractivity contribution in [2.24, 2.45) is 0 Å². The number of aliphatic hydroxyl groups is 1. The topological polar surface area (TPSA) is 112 Å². The van der Waals surface area contributed by atoms with Crippen LogP contribution in [-0.4, -0.2) is 73.4 Å². The second kappa shape index (κ2) is 10.6. The summed E-state index contributed by atoms with van der Waals surface area (Å²) in [6.45, 7) is 8.14. The zero-order chi connectivity index (χ0) is 27.0. The summed E-state index contributed by atoms with van der Waals surface area (Å²) in [7, 11) is -3.38. The van der Waals surface area contributed by atoms with Gasteiger partial charge in [-0.05, 0) is 67.2 Å². The van der Waals surface area contributed by atoms with Gasteiger partial charge in [-0.3, -0.25) is 4.79 Å². The van der Waals surface area contributed by atoms with Gasteiger partial charge < -0.3 is 20.6 Å². The molecule has 2 atom stereocenters. The molecule has 3 heterocycles. The number of anilines is 1. The lowest BCUT2D eigenvalue weighted by molar-refractivity contribution is -0.118. The standard InChI is InChI=1S/C29H36N4O4S/c1-4-38(36,37)22-7-5-6-20(15-22)24-16-23(29(35)31-21-8-10-33(11-9-21)12-13-34)19(3)27-26(24)25-14-18(2)17-30-28(25)32-27/h5-7,14-17,21,26-27,34H,4,8-13H2,1-3H3,(H,30,32)(H,31,35). The van der Waals surface area contributed by atoms with Gasteiger partial charge in [-0.15, -0.1) is 0 Å². The van der Waals surface area contributed by atoms with Crippen LogP contribution in [0.25, 0.3) is 5.57 Å². The van der Waals surface area contributed by atoms with Crippen LogP contribution >= 0.6 is 0 Å². The van der Waals surface area contributed by atoms with Crippen LogP contribution in [-0.2, 0) is 14.6 Å². The van der Waals surface area contributed by atoms with Gasteiger partial charge in [0.05, 0.1) is 23.3 Å². The number of likely N-dealkylation sites (tertiary alicyclic amines) is 1. The van der Waals surface area contributed by atoms with E-state index in [9.17, 15) is 18.3 Å². The number of benzene rings is 1. The summed E-state index contributed by atoms with van der Waals surface area (Å²) >= 11 is 0. The lowest BCUT2D eigenvalue weighted by Crippen LogP contribution is -2.46. The highest BCUT2D eigenvalue weighted by atomic mass is 32.2. The first kappa shape index (κ1) is 26.6. The van der Waals surface area contributed by atoms with Crippen LogP contribution in [0.3, 0.4) is 0 Å². The third kappa shape index (κ3) is 5.02. The number of amides is 1. The predicted molar refractivity (Wildman–Crippen MR) is 149 cm³/mol. The molecular formula is C29H36N4O4S. The summed E-state index contributed by atoms with van der Waals surface area (Å²) in [5.41, 5.74) is 5.36. The highest BCUT2D eigenvalue weighted by Gasteiger charge is 2.41. The van der Waals surface area contributed by atoms with Crippen molar-refractivity contribution >= 4 is 27.1 Å². The Morgan fingerprint density at radius 1 is 1.21 bits per heavy atom. The zero-order valence-corrected chi connectivity index (χ0v) is 23.0. The third-order valence-corrected chi connectivity index (χ3v) is 9.76. The first-order valence-corrected chi connectivity index (χ1v) is 15.0. The number of carbonyl (C=O) groups excluding carboxylic acids is 1. The fourth-order valence-electron chi connectivity index (χ4n) is 5.84. The quantitative estimate of drug-likeness (QED) is 0.499. The molecule has 1 aromatic heterocycles. The van der Waals surface area contributed by atoms with Gasteiger partial charge in [0.15, 0.2) is 9.84 Å². The molecule has 2 unspecified atom stereocenters. The van der Waals surface area contributed by atoms with E-state index in [0.717, 1.165) is 59.6 Å². The Kier molecular flexibility index (Phi) is 7.44. The summed E-state index contributed by atoms with van der Waals surface area (Å²) < 4.78 is 25.4. The average molecular weight is 537 g/mol. The molecule has 5 rings (SSSR count). The van der Waals surface area contributed by atoms with Crippen LogP contribution in [0.1, 0.15) is 49.3 Å².